The van der Waals surface area contributed by atoms with E-state index in [0.717, 1.165) is 12.8 Å². The van der Waals surface area contributed by atoms with E-state index < -0.39 is 0 Å². The summed E-state index contributed by atoms with van der Waals surface area (Å²) in [7, 11) is 0. The zero-order chi connectivity index (χ0) is 19.6. The van der Waals surface area contributed by atoms with E-state index in [0.29, 0.717) is 0 Å². The van der Waals surface area contributed by atoms with Crippen LogP contribution < -0.4 is 0 Å². The van der Waals surface area contributed by atoms with Crippen molar-refractivity contribution in [1.82, 2.24) is 0 Å². The van der Waals surface area contributed by atoms with Gasteiger partial charge in [0.1, 0.15) is 0 Å². The molecule has 0 aliphatic carbocycles. The second-order valence-electron chi connectivity index (χ2n) is 7.32. The second kappa shape index (κ2) is 10.5. The van der Waals surface area contributed by atoms with Gasteiger partial charge in [-0.1, -0.05) is 124 Å². The molecule has 0 amide bonds. The van der Waals surface area contributed by atoms with Crippen molar-refractivity contribution in [2.24, 2.45) is 0 Å². The van der Waals surface area contributed by atoms with E-state index in [1.807, 2.05) is 0 Å². The standard InChI is InChI=1S/C28H30/c1-3-5-23-7-11-25(12-8-23)15-17-27-19-21-28(22-20-27)18-16-26-13-9-24(6-4-2)10-14-26/h7-22H,3-6H2,1-2H3. The molecule has 28 heavy (non-hydrogen) atoms. The van der Waals surface area contributed by atoms with Gasteiger partial charge in [0.05, 0.1) is 0 Å². The molecule has 0 aromatic heterocycles. The minimum atomic E-state index is 1.15. The quantitative estimate of drug-likeness (QED) is 0.355. The van der Waals surface area contributed by atoms with Crippen LogP contribution in [0.3, 0.4) is 0 Å². The first-order valence-electron chi connectivity index (χ1n) is 10.4. The third-order valence-corrected chi connectivity index (χ3v) is 4.91. The third kappa shape index (κ3) is 6.09. The third-order valence-electron chi connectivity index (χ3n) is 4.91. The summed E-state index contributed by atoms with van der Waals surface area (Å²) >= 11 is 0. The van der Waals surface area contributed by atoms with E-state index in [1.54, 1.807) is 0 Å². The fraction of sp³-hybridized carbons (Fsp3) is 0.214. The van der Waals surface area contributed by atoms with E-state index in [9.17, 15) is 0 Å². The largest absolute Gasteiger partial charge is 0.0651 e. The molecule has 0 aliphatic heterocycles. The number of rotatable bonds is 8. The fourth-order valence-corrected chi connectivity index (χ4v) is 3.27. The van der Waals surface area contributed by atoms with Crippen LogP contribution in [0.25, 0.3) is 24.3 Å². The highest BCUT2D eigenvalue weighted by atomic mass is 14.0. The molecule has 142 valence electrons. The minimum absolute atomic E-state index is 1.15. The molecule has 0 atom stereocenters. The van der Waals surface area contributed by atoms with Gasteiger partial charge in [-0.15, -0.1) is 0 Å². The van der Waals surface area contributed by atoms with Gasteiger partial charge in [0.15, 0.2) is 0 Å². The van der Waals surface area contributed by atoms with Crippen molar-refractivity contribution in [1.29, 1.82) is 0 Å². The van der Waals surface area contributed by atoms with Crippen LogP contribution in [0.15, 0.2) is 72.8 Å². The Balaban J connectivity index is 1.59. The molecule has 0 fully saturated rings. The molecule has 0 saturated heterocycles. The monoisotopic (exact) mass is 366 g/mol. The maximum absolute atomic E-state index is 2.23. The number of benzene rings is 3. The molecule has 0 heterocycles. The van der Waals surface area contributed by atoms with Gasteiger partial charge in [-0.25, -0.2) is 0 Å². The van der Waals surface area contributed by atoms with E-state index >= 15 is 0 Å². The Kier molecular flexibility index (Phi) is 7.44. The zero-order valence-corrected chi connectivity index (χ0v) is 17.1. The molecular weight excluding hydrogens is 336 g/mol. The Labute approximate surface area is 170 Å². The van der Waals surface area contributed by atoms with Crippen LogP contribution in [0.5, 0.6) is 0 Å². The molecule has 3 rings (SSSR count). The van der Waals surface area contributed by atoms with Gasteiger partial charge in [0, 0.05) is 0 Å². The van der Waals surface area contributed by atoms with Gasteiger partial charge in [-0.05, 0) is 46.2 Å². The molecule has 0 nitrogen and oxygen atoms in total. The Morgan fingerprint density at radius 2 is 0.679 bits per heavy atom. The molecule has 0 unspecified atom stereocenters. The normalized spacial score (nSPS) is 11.5. The van der Waals surface area contributed by atoms with Gasteiger partial charge in [-0.2, -0.15) is 0 Å². The SMILES string of the molecule is CCCc1ccc(C=Cc2ccc(C=Cc3ccc(CCC)cc3)cc2)cc1. The van der Waals surface area contributed by atoms with Crippen molar-refractivity contribution >= 4 is 24.3 Å². The molecule has 0 bridgehead atoms. The second-order valence-corrected chi connectivity index (χ2v) is 7.32. The first-order valence-corrected chi connectivity index (χ1v) is 10.4. The smallest absolute Gasteiger partial charge is 0.0256 e. The van der Waals surface area contributed by atoms with Crippen LogP contribution in [0.2, 0.25) is 0 Å². The highest BCUT2D eigenvalue weighted by molar-refractivity contribution is 5.73. The summed E-state index contributed by atoms with van der Waals surface area (Å²) in [6.07, 6.45) is 13.4. The molecule has 0 spiro atoms. The van der Waals surface area contributed by atoms with Crippen LogP contribution in [0, 0.1) is 0 Å². The van der Waals surface area contributed by atoms with E-state index in [4.69, 9.17) is 0 Å². The molecular formula is C28H30. The maximum Gasteiger partial charge on any atom is -0.0256 e. The van der Waals surface area contributed by atoms with Crippen LogP contribution in [-0.4, -0.2) is 0 Å². The highest BCUT2D eigenvalue weighted by Crippen LogP contribution is 2.14. The molecule has 0 saturated carbocycles. The summed E-state index contributed by atoms with van der Waals surface area (Å²) in [5, 5.41) is 0. The molecule has 0 radical (unpaired) electrons. The maximum atomic E-state index is 2.23. The Morgan fingerprint density at radius 3 is 0.929 bits per heavy atom. The van der Waals surface area contributed by atoms with E-state index in [2.05, 4.69) is 111 Å². The van der Waals surface area contributed by atoms with Crippen molar-refractivity contribution in [3.63, 3.8) is 0 Å². The van der Waals surface area contributed by atoms with Crippen LogP contribution in [0.4, 0.5) is 0 Å². The number of hydrogen-bond donors (Lipinski definition) is 0. The molecule has 3 aromatic rings. The highest BCUT2D eigenvalue weighted by Gasteiger charge is 1.94. The molecule has 0 N–H and O–H groups in total. The van der Waals surface area contributed by atoms with Crippen molar-refractivity contribution in [2.45, 2.75) is 39.5 Å². The van der Waals surface area contributed by atoms with Gasteiger partial charge >= 0.3 is 0 Å². The lowest BCUT2D eigenvalue weighted by molar-refractivity contribution is 0.922. The number of hydrogen-bond acceptors (Lipinski definition) is 0. The lowest BCUT2D eigenvalue weighted by Gasteiger charge is -2.00. The summed E-state index contributed by atoms with van der Waals surface area (Å²) in [4.78, 5) is 0. The van der Waals surface area contributed by atoms with Crippen molar-refractivity contribution < 1.29 is 0 Å². The van der Waals surface area contributed by atoms with E-state index in [1.165, 1.54) is 46.2 Å². The average molecular weight is 367 g/mol. The predicted octanol–water partition coefficient (Wildman–Crippen LogP) is 7.93. The van der Waals surface area contributed by atoms with Gasteiger partial charge in [0.25, 0.3) is 0 Å². The Bertz CT molecular complexity index is 813. The summed E-state index contributed by atoms with van der Waals surface area (Å²) < 4.78 is 0. The Hall–Kier alpha value is -2.86. The van der Waals surface area contributed by atoms with Crippen LogP contribution in [0.1, 0.15) is 60.1 Å². The van der Waals surface area contributed by atoms with Gasteiger partial charge in [0.2, 0.25) is 0 Å². The van der Waals surface area contributed by atoms with Gasteiger partial charge in [-0.3, -0.25) is 0 Å². The number of aryl methyl sites for hydroxylation is 2. The molecule has 0 heteroatoms. The zero-order valence-electron chi connectivity index (χ0n) is 17.1. The lowest BCUT2D eigenvalue weighted by Crippen LogP contribution is -1.82. The van der Waals surface area contributed by atoms with Crippen LogP contribution in [-0.2, 0) is 12.8 Å². The molecule has 3 aromatic carbocycles. The average Bonchev–Trinajstić information content (AvgIpc) is 2.74. The van der Waals surface area contributed by atoms with Crippen LogP contribution >= 0.6 is 0 Å². The first-order chi connectivity index (χ1) is 13.8. The predicted molar refractivity (Wildman–Crippen MR) is 125 cm³/mol. The summed E-state index contributed by atoms with van der Waals surface area (Å²) in [6, 6.07) is 26.4. The van der Waals surface area contributed by atoms with Crippen molar-refractivity contribution in [3.05, 3.63) is 106 Å². The minimum Gasteiger partial charge on any atom is -0.0651 e. The lowest BCUT2D eigenvalue weighted by atomic mass is 10.1. The van der Waals surface area contributed by atoms with Crippen molar-refractivity contribution in [3.8, 4) is 0 Å². The molecule has 0 aliphatic rings. The van der Waals surface area contributed by atoms with Gasteiger partial charge < -0.3 is 0 Å². The summed E-state index contributed by atoms with van der Waals surface area (Å²) in [6.45, 7) is 4.44. The summed E-state index contributed by atoms with van der Waals surface area (Å²) in [5.74, 6) is 0. The first kappa shape index (κ1) is 19.9. The Morgan fingerprint density at radius 1 is 0.429 bits per heavy atom. The topological polar surface area (TPSA) is 0 Å². The fourth-order valence-electron chi connectivity index (χ4n) is 3.27. The van der Waals surface area contributed by atoms with Crippen molar-refractivity contribution in [2.75, 3.05) is 0 Å². The summed E-state index contributed by atoms with van der Waals surface area (Å²) in [5.41, 5.74) is 7.76. The van der Waals surface area contributed by atoms with E-state index in [-0.39, 0.29) is 0 Å².